The van der Waals surface area contributed by atoms with Crippen molar-refractivity contribution >= 4 is 7.92 Å². The molecule has 0 rings (SSSR count). The first-order valence-corrected chi connectivity index (χ1v) is 7.19. The average Bonchev–Trinajstić information content (AvgIpc) is 2.17. The Bertz CT molecular complexity index is 133. The van der Waals surface area contributed by atoms with Crippen LogP contribution in [0.4, 0.5) is 0 Å². The van der Waals surface area contributed by atoms with Crippen molar-refractivity contribution in [3.8, 4) is 0 Å². The van der Waals surface area contributed by atoms with Crippen molar-refractivity contribution in [1.82, 2.24) is 0 Å². The van der Waals surface area contributed by atoms with Gasteiger partial charge >= 0.3 is 0 Å². The average molecular weight is 198 g/mol. The van der Waals surface area contributed by atoms with Crippen LogP contribution in [0, 0.1) is 0 Å². The maximum atomic E-state index is 2.32. The molecule has 0 aliphatic rings. The van der Waals surface area contributed by atoms with Crippen LogP contribution in [-0.4, -0.2) is 18.5 Å². The van der Waals surface area contributed by atoms with Gasteiger partial charge in [-0.25, -0.2) is 0 Å². The van der Waals surface area contributed by atoms with Crippen LogP contribution in [0.5, 0.6) is 0 Å². The Kier molecular flexibility index (Phi) is 9.92. The summed E-state index contributed by atoms with van der Waals surface area (Å²) in [5.74, 6) is 0. The van der Waals surface area contributed by atoms with Crippen LogP contribution in [0.3, 0.4) is 0 Å². The minimum atomic E-state index is 0.248. The normalized spacial score (nSPS) is 12.3. The van der Waals surface area contributed by atoms with Gasteiger partial charge in [0.15, 0.2) is 0 Å². The molecule has 0 aromatic rings. The molecule has 0 fully saturated rings. The molecule has 13 heavy (non-hydrogen) atoms. The van der Waals surface area contributed by atoms with Crippen LogP contribution in [0.25, 0.3) is 0 Å². The van der Waals surface area contributed by atoms with Crippen molar-refractivity contribution in [2.24, 2.45) is 0 Å². The second-order valence-corrected chi connectivity index (χ2v) is 5.77. The van der Waals surface area contributed by atoms with E-state index in [4.69, 9.17) is 0 Å². The third kappa shape index (κ3) is 8.25. The van der Waals surface area contributed by atoms with E-state index in [0.29, 0.717) is 0 Å². The Morgan fingerprint density at radius 3 is 1.92 bits per heavy atom. The molecule has 0 saturated carbocycles. The number of unbranched alkanes of at least 4 members (excludes halogenated alkanes) is 1. The van der Waals surface area contributed by atoms with E-state index >= 15 is 0 Å². The molecular formula is C12H23P. The Labute approximate surface area is 84.9 Å². The second kappa shape index (κ2) is 9.99. The number of rotatable bonds is 7. The molecule has 1 heteroatoms. The smallest absolute Gasteiger partial charge is 0.0142 e. The maximum Gasteiger partial charge on any atom is -0.0142 e. The summed E-state index contributed by atoms with van der Waals surface area (Å²) in [6, 6.07) is 0. The molecule has 76 valence electrons. The van der Waals surface area contributed by atoms with Crippen molar-refractivity contribution in [3.05, 3.63) is 24.3 Å². The molecule has 0 nitrogen and oxygen atoms in total. The molecule has 0 spiro atoms. The summed E-state index contributed by atoms with van der Waals surface area (Å²) in [5.41, 5.74) is 0. The summed E-state index contributed by atoms with van der Waals surface area (Å²) in [5, 5.41) is 0. The van der Waals surface area contributed by atoms with E-state index in [9.17, 15) is 0 Å². The maximum absolute atomic E-state index is 2.32. The SMILES string of the molecule is C/C=C\CP(C/C=C\C)CCCC. The van der Waals surface area contributed by atoms with Gasteiger partial charge in [0.1, 0.15) is 0 Å². The molecule has 0 aliphatic carbocycles. The van der Waals surface area contributed by atoms with Gasteiger partial charge < -0.3 is 0 Å². The fourth-order valence-corrected chi connectivity index (χ4v) is 3.44. The molecule has 0 aromatic carbocycles. The van der Waals surface area contributed by atoms with Crippen LogP contribution >= 0.6 is 7.92 Å². The van der Waals surface area contributed by atoms with Gasteiger partial charge in [0.2, 0.25) is 0 Å². The minimum Gasteiger partial charge on any atom is -0.0990 e. The molecule has 0 heterocycles. The number of hydrogen-bond donors (Lipinski definition) is 0. The highest BCUT2D eigenvalue weighted by atomic mass is 31.1. The summed E-state index contributed by atoms with van der Waals surface area (Å²) in [4.78, 5) is 0. The van der Waals surface area contributed by atoms with Gasteiger partial charge in [-0.05, 0) is 38.8 Å². The first-order chi connectivity index (χ1) is 6.35. The van der Waals surface area contributed by atoms with Gasteiger partial charge in [-0.1, -0.05) is 45.6 Å². The van der Waals surface area contributed by atoms with Crippen molar-refractivity contribution in [1.29, 1.82) is 0 Å². The van der Waals surface area contributed by atoms with E-state index in [-0.39, 0.29) is 7.92 Å². The number of allylic oxidation sites excluding steroid dienone is 4. The van der Waals surface area contributed by atoms with Crippen LogP contribution in [0.2, 0.25) is 0 Å². The lowest BCUT2D eigenvalue weighted by Gasteiger charge is -2.12. The van der Waals surface area contributed by atoms with Gasteiger partial charge in [-0.15, -0.1) is 0 Å². The predicted molar refractivity (Wildman–Crippen MR) is 66.1 cm³/mol. The van der Waals surface area contributed by atoms with E-state index < -0.39 is 0 Å². The third-order valence-corrected chi connectivity index (χ3v) is 4.43. The quantitative estimate of drug-likeness (QED) is 0.419. The topological polar surface area (TPSA) is 0 Å². The second-order valence-electron chi connectivity index (χ2n) is 3.25. The van der Waals surface area contributed by atoms with Crippen LogP contribution in [0.15, 0.2) is 24.3 Å². The molecule has 0 atom stereocenters. The highest BCUT2D eigenvalue weighted by Gasteiger charge is 2.02. The van der Waals surface area contributed by atoms with E-state index in [2.05, 4.69) is 45.1 Å². The van der Waals surface area contributed by atoms with Crippen LogP contribution < -0.4 is 0 Å². The molecule has 0 unspecified atom stereocenters. The van der Waals surface area contributed by atoms with Crippen molar-refractivity contribution < 1.29 is 0 Å². The zero-order valence-corrected chi connectivity index (χ0v) is 10.2. The Balaban J connectivity index is 3.72. The molecule has 0 amide bonds. The van der Waals surface area contributed by atoms with Gasteiger partial charge in [-0.2, -0.15) is 0 Å². The van der Waals surface area contributed by atoms with Crippen LogP contribution in [0.1, 0.15) is 33.6 Å². The molecule has 0 aromatic heterocycles. The standard InChI is InChI=1S/C12H23P/c1-4-7-10-13(11-8-5-2)12-9-6-3/h4-5,7-8H,6,9-12H2,1-3H3/b7-4-,8-5-. The highest BCUT2D eigenvalue weighted by Crippen LogP contribution is 2.36. The third-order valence-electron chi connectivity index (χ3n) is 2.03. The Morgan fingerprint density at radius 2 is 1.54 bits per heavy atom. The van der Waals surface area contributed by atoms with Gasteiger partial charge in [0, 0.05) is 0 Å². The monoisotopic (exact) mass is 198 g/mol. The van der Waals surface area contributed by atoms with E-state index in [1.165, 1.54) is 31.3 Å². The van der Waals surface area contributed by atoms with E-state index in [1.54, 1.807) is 0 Å². The zero-order chi connectivity index (χ0) is 9.94. The molecule has 0 radical (unpaired) electrons. The first kappa shape index (κ1) is 12.9. The minimum absolute atomic E-state index is 0.248. The lowest BCUT2D eigenvalue weighted by atomic mass is 10.4. The van der Waals surface area contributed by atoms with Gasteiger partial charge in [0.25, 0.3) is 0 Å². The summed E-state index contributed by atoms with van der Waals surface area (Å²) >= 11 is 0. The molecular weight excluding hydrogens is 175 g/mol. The first-order valence-electron chi connectivity index (χ1n) is 5.29. The largest absolute Gasteiger partial charge is 0.0990 e. The zero-order valence-electron chi connectivity index (χ0n) is 9.29. The lowest BCUT2D eigenvalue weighted by Crippen LogP contribution is -1.91. The molecule has 0 bridgehead atoms. The Morgan fingerprint density at radius 1 is 1.00 bits per heavy atom. The fourth-order valence-electron chi connectivity index (χ4n) is 1.15. The van der Waals surface area contributed by atoms with E-state index in [0.717, 1.165) is 0 Å². The van der Waals surface area contributed by atoms with Crippen LogP contribution in [-0.2, 0) is 0 Å². The van der Waals surface area contributed by atoms with Crippen molar-refractivity contribution in [2.75, 3.05) is 18.5 Å². The predicted octanol–water partition coefficient (Wildman–Crippen LogP) is 4.42. The summed E-state index contributed by atoms with van der Waals surface area (Å²) in [6.07, 6.45) is 15.8. The molecule has 0 aliphatic heterocycles. The van der Waals surface area contributed by atoms with E-state index in [1.807, 2.05) is 0 Å². The van der Waals surface area contributed by atoms with Gasteiger partial charge in [-0.3, -0.25) is 0 Å². The lowest BCUT2D eigenvalue weighted by molar-refractivity contribution is 0.890. The van der Waals surface area contributed by atoms with Crippen molar-refractivity contribution in [2.45, 2.75) is 33.6 Å². The Hall–Kier alpha value is -0.0900. The molecule has 0 saturated heterocycles. The van der Waals surface area contributed by atoms with Crippen molar-refractivity contribution in [3.63, 3.8) is 0 Å². The highest BCUT2D eigenvalue weighted by molar-refractivity contribution is 7.58. The fraction of sp³-hybridized carbons (Fsp3) is 0.667. The summed E-state index contributed by atoms with van der Waals surface area (Å²) in [6.45, 7) is 6.50. The number of hydrogen-bond acceptors (Lipinski definition) is 0. The van der Waals surface area contributed by atoms with Gasteiger partial charge in [0.05, 0.1) is 0 Å². The summed E-state index contributed by atoms with van der Waals surface area (Å²) in [7, 11) is 0.248. The molecule has 0 N–H and O–H groups in total. The summed E-state index contributed by atoms with van der Waals surface area (Å²) < 4.78 is 0.